The van der Waals surface area contributed by atoms with Crippen LogP contribution in [-0.4, -0.2) is 35.7 Å². The minimum atomic E-state index is -0.829. The van der Waals surface area contributed by atoms with Gasteiger partial charge in [0.05, 0.1) is 17.8 Å². The number of rotatable bonds is 8. The fourth-order valence-corrected chi connectivity index (χ4v) is 5.13. The Hall–Kier alpha value is -3.51. The number of para-hydroxylation sites is 1. The molecule has 6 heteroatoms. The van der Waals surface area contributed by atoms with Crippen LogP contribution in [0, 0.1) is 13.8 Å². The number of hydrogen-bond donors (Lipinski definition) is 3. The van der Waals surface area contributed by atoms with Crippen LogP contribution in [0.1, 0.15) is 59.1 Å². The molecule has 4 N–H and O–H groups in total. The third kappa shape index (κ3) is 5.49. The summed E-state index contributed by atoms with van der Waals surface area (Å²) in [5.74, 6) is -0.145. The van der Waals surface area contributed by atoms with E-state index in [-0.39, 0.29) is 18.4 Å². The van der Waals surface area contributed by atoms with E-state index >= 15 is 0 Å². The normalized spacial score (nSPS) is 16.5. The standard InChI is InChI=1S/C30H37N3O3/c1-5-24-18-33(16-22-8-6-7-9-28(22)36-24)17-23-14-21(11-10-19(23)2)26(15-29(34)35)25-12-13-27(32-4)30(31)20(25)3/h6-14,24,26,32H,5,15-18,31H2,1-4H3,(H,34,35)/t24?,26-/m1/s1. The molecule has 4 rings (SSSR count). The van der Waals surface area contributed by atoms with E-state index in [1.54, 1.807) is 0 Å². The molecule has 0 saturated carbocycles. The molecular formula is C30H37N3O3. The Labute approximate surface area is 214 Å². The molecule has 2 atom stereocenters. The lowest BCUT2D eigenvalue weighted by atomic mass is 9.84. The van der Waals surface area contributed by atoms with Gasteiger partial charge in [-0.15, -0.1) is 0 Å². The first-order chi connectivity index (χ1) is 17.3. The van der Waals surface area contributed by atoms with Crippen LogP contribution in [0.3, 0.4) is 0 Å². The largest absolute Gasteiger partial charge is 0.489 e. The third-order valence-electron chi connectivity index (χ3n) is 7.33. The Morgan fingerprint density at radius 1 is 1.19 bits per heavy atom. The molecule has 0 fully saturated rings. The zero-order chi connectivity index (χ0) is 25.8. The predicted octanol–water partition coefficient (Wildman–Crippen LogP) is 5.71. The second kappa shape index (κ2) is 11.0. The molecule has 1 unspecified atom stereocenters. The second-order valence-electron chi connectivity index (χ2n) is 9.75. The highest BCUT2D eigenvalue weighted by Gasteiger charge is 2.25. The van der Waals surface area contributed by atoms with Crippen LogP contribution in [0.15, 0.2) is 54.6 Å². The Balaban J connectivity index is 1.68. The molecule has 190 valence electrons. The van der Waals surface area contributed by atoms with Crippen molar-refractivity contribution < 1.29 is 14.6 Å². The van der Waals surface area contributed by atoms with Gasteiger partial charge < -0.3 is 20.9 Å². The summed E-state index contributed by atoms with van der Waals surface area (Å²) in [5.41, 5.74) is 14.3. The molecule has 0 aromatic heterocycles. The van der Waals surface area contributed by atoms with E-state index in [2.05, 4.69) is 60.5 Å². The first-order valence-corrected chi connectivity index (χ1v) is 12.7. The number of nitrogens with one attached hydrogen (secondary N) is 1. The highest BCUT2D eigenvalue weighted by Crippen LogP contribution is 2.36. The summed E-state index contributed by atoms with van der Waals surface area (Å²) < 4.78 is 6.29. The summed E-state index contributed by atoms with van der Waals surface area (Å²) >= 11 is 0. The number of nitrogens with zero attached hydrogens (tertiary/aromatic N) is 1. The van der Waals surface area contributed by atoms with Crippen molar-refractivity contribution in [3.05, 3.63) is 88.0 Å². The lowest BCUT2D eigenvalue weighted by Gasteiger charge is -2.26. The van der Waals surface area contributed by atoms with E-state index < -0.39 is 5.97 Å². The Morgan fingerprint density at radius 2 is 1.97 bits per heavy atom. The molecule has 0 spiro atoms. The van der Waals surface area contributed by atoms with Crippen molar-refractivity contribution in [2.24, 2.45) is 0 Å². The van der Waals surface area contributed by atoms with Gasteiger partial charge in [0.1, 0.15) is 11.9 Å². The van der Waals surface area contributed by atoms with E-state index in [1.807, 2.05) is 32.2 Å². The van der Waals surface area contributed by atoms with Gasteiger partial charge >= 0.3 is 5.97 Å². The number of aliphatic carboxylic acids is 1. The zero-order valence-electron chi connectivity index (χ0n) is 21.7. The van der Waals surface area contributed by atoms with Gasteiger partial charge in [-0.1, -0.05) is 49.4 Å². The van der Waals surface area contributed by atoms with Gasteiger partial charge in [-0.2, -0.15) is 0 Å². The second-order valence-corrected chi connectivity index (χ2v) is 9.75. The molecule has 3 aromatic rings. The van der Waals surface area contributed by atoms with Crippen LogP contribution in [0.2, 0.25) is 0 Å². The average Bonchev–Trinajstić information content (AvgIpc) is 3.04. The molecule has 36 heavy (non-hydrogen) atoms. The van der Waals surface area contributed by atoms with Crippen molar-refractivity contribution in [2.45, 2.75) is 58.7 Å². The number of fused-ring (bicyclic) bond motifs is 1. The summed E-state index contributed by atoms with van der Waals surface area (Å²) in [7, 11) is 1.83. The molecule has 0 aliphatic carbocycles. The number of hydrogen-bond acceptors (Lipinski definition) is 5. The summed E-state index contributed by atoms with van der Waals surface area (Å²) in [4.78, 5) is 14.3. The Bertz CT molecular complexity index is 1240. The van der Waals surface area contributed by atoms with Crippen molar-refractivity contribution in [2.75, 3.05) is 24.6 Å². The molecule has 0 saturated heterocycles. The molecule has 0 amide bonds. The fraction of sp³-hybridized carbons (Fsp3) is 0.367. The van der Waals surface area contributed by atoms with Crippen molar-refractivity contribution in [3.63, 3.8) is 0 Å². The van der Waals surface area contributed by atoms with Gasteiger partial charge in [0.25, 0.3) is 0 Å². The zero-order valence-corrected chi connectivity index (χ0v) is 21.7. The molecule has 1 aliphatic rings. The number of nitrogen functional groups attached to an aromatic ring is 1. The van der Waals surface area contributed by atoms with Gasteiger partial charge in [0.2, 0.25) is 0 Å². The minimum absolute atomic E-state index is 0.00448. The van der Waals surface area contributed by atoms with E-state index in [9.17, 15) is 9.90 Å². The maximum Gasteiger partial charge on any atom is 0.304 e. The number of benzene rings is 3. The molecule has 1 heterocycles. The van der Waals surface area contributed by atoms with Gasteiger partial charge in [0, 0.05) is 38.2 Å². The van der Waals surface area contributed by atoms with Crippen molar-refractivity contribution in [1.29, 1.82) is 0 Å². The van der Waals surface area contributed by atoms with Gasteiger partial charge in [0.15, 0.2) is 0 Å². The first-order valence-electron chi connectivity index (χ1n) is 12.7. The lowest BCUT2D eigenvalue weighted by Crippen LogP contribution is -2.32. The van der Waals surface area contributed by atoms with Gasteiger partial charge in [-0.05, 0) is 60.2 Å². The van der Waals surface area contributed by atoms with Crippen LogP contribution >= 0.6 is 0 Å². The molecular weight excluding hydrogens is 450 g/mol. The van der Waals surface area contributed by atoms with Crippen LogP contribution in [0.4, 0.5) is 11.4 Å². The van der Waals surface area contributed by atoms with Crippen LogP contribution in [0.5, 0.6) is 5.75 Å². The van der Waals surface area contributed by atoms with Crippen molar-refractivity contribution in [1.82, 2.24) is 4.90 Å². The highest BCUT2D eigenvalue weighted by molar-refractivity contribution is 5.74. The first kappa shape index (κ1) is 25.6. The third-order valence-corrected chi connectivity index (χ3v) is 7.33. The Kier molecular flexibility index (Phi) is 7.85. The number of nitrogens with two attached hydrogens (primary N) is 1. The number of carbonyl (C=O) groups is 1. The van der Waals surface area contributed by atoms with Crippen molar-refractivity contribution >= 4 is 17.3 Å². The molecule has 1 aliphatic heterocycles. The quantitative estimate of drug-likeness (QED) is 0.353. The summed E-state index contributed by atoms with van der Waals surface area (Å²) in [6, 6.07) is 18.6. The molecule has 0 radical (unpaired) electrons. The number of ether oxygens (including phenoxy) is 1. The molecule has 0 bridgehead atoms. The van der Waals surface area contributed by atoms with E-state index in [0.717, 1.165) is 54.2 Å². The Morgan fingerprint density at radius 3 is 2.69 bits per heavy atom. The van der Waals surface area contributed by atoms with Crippen molar-refractivity contribution in [3.8, 4) is 5.75 Å². The maximum absolute atomic E-state index is 11.9. The maximum atomic E-state index is 11.9. The predicted molar refractivity (Wildman–Crippen MR) is 146 cm³/mol. The fourth-order valence-electron chi connectivity index (χ4n) is 5.13. The van der Waals surface area contributed by atoms with Crippen LogP contribution in [0.25, 0.3) is 0 Å². The van der Waals surface area contributed by atoms with Gasteiger partial charge in [-0.25, -0.2) is 0 Å². The molecule has 3 aromatic carbocycles. The average molecular weight is 488 g/mol. The highest BCUT2D eigenvalue weighted by atomic mass is 16.5. The van der Waals surface area contributed by atoms with Crippen LogP contribution < -0.4 is 15.8 Å². The lowest BCUT2D eigenvalue weighted by molar-refractivity contribution is -0.137. The van der Waals surface area contributed by atoms with Gasteiger partial charge in [-0.3, -0.25) is 9.69 Å². The van der Waals surface area contributed by atoms with E-state index in [4.69, 9.17) is 10.5 Å². The number of carboxylic acids is 1. The topological polar surface area (TPSA) is 87.8 Å². The summed E-state index contributed by atoms with van der Waals surface area (Å²) in [6.07, 6.45) is 1.08. The number of anilines is 2. The minimum Gasteiger partial charge on any atom is -0.489 e. The van der Waals surface area contributed by atoms with E-state index in [1.165, 1.54) is 16.7 Å². The smallest absolute Gasteiger partial charge is 0.304 e. The SMILES string of the molecule is CCC1CN(Cc2cc([C@@H](CC(=O)O)c3ccc(NC)c(N)c3C)ccc2C)Cc2ccccc2O1. The van der Waals surface area contributed by atoms with Crippen LogP contribution in [-0.2, 0) is 17.9 Å². The van der Waals surface area contributed by atoms with E-state index in [0.29, 0.717) is 5.69 Å². The summed E-state index contributed by atoms with van der Waals surface area (Å²) in [5, 5.41) is 12.9. The molecule has 6 nitrogen and oxygen atoms in total. The monoisotopic (exact) mass is 487 g/mol. The summed E-state index contributed by atoms with van der Waals surface area (Å²) in [6.45, 7) is 8.68. The number of aryl methyl sites for hydroxylation is 1. The number of carboxylic acid groups (broad SMARTS) is 1.